The smallest absolute Gasteiger partial charge is 0.132 e. The summed E-state index contributed by atoms with van der Waals surface area (Å²) >= 11 is 0. The molecule has 1 aromatic carbocycles. The van der Waals surface area contributed by atoms with Crippen LogP contribution in [0.2, 0.25) is 0 Å². The molecule has 1 N–H and O–H groups in total. The highest BCUT2D eigenvalue weighted by molar-refractivity contribution is 5.29. The molecule has 0 aliphatic carbocycles. The summed E-state index contributed by atoms with van der Waals surface area (Å²) in [6.07, 6.45) is -0.856. The first-order valence-corrected chi connectivity index (χ1v) is 4.31. The van der Waals surface area contributed by atoms with E-state index in [2.05, 4.69) is 0 Å². The minimum absolute atomic E-state index is 0.0898. The summed E-state index contributed by atoms with van der Waals surface area (Å²) in [7, 11) is 0. The van der Waals surface area contributed by atoms with Crippen LogP contribution in [-0.4, -0.2) is 18.4 Å². The standard InChI is InChI=1S/C10H12F2O2/c1-7(13)9-3-2-8(6-10(9)12)14-5-4-11/h2-3,6-7,13H,4-5H2,1H3/t7-/m1/s1. The number of aliphatic hydroxyl groups excluding tert-OH is 1. The van der Waals surface area contributed by atoms with Gasteiger partial charge in [-0.15, -0.1) is 0 Å². The number of halogens is 2. The molecule has 0 saturated carbocycles. The van der Waals surface area contributed by atoms with Crippen molar-refractivity contribution in [2.75, 3.05) is 13.3 Å². The van der Waals surface area contributed by atoms with Crippen molar-refractivity contribution < 1.29 is 18.6 Å². The molecule has 0 bridgehead atoms. The first kappa shape index (κ1) is 10.9. The maximum Gasteiger partial charge on any atom is 0.132 e. The van der Waals surface area contributed by atoms with Crippen LogP contribution in [0.1, 0.15) is 18.6 Å². The Morgan fingerprint density at radius 2 is 2.21 bits per heavy atom. The molecule has 1 atom stereocenters. The van der Waals surface area contributed by atoms with Crippen molar-refractivity contribution in [3.05, 3.63) is 29.6 Å². The molecule has 0 radical (unpaired) electrons. The number of ether oxygens (including phenoxy) is 1. The molecule has 0 aliphatic rings. The SMILES string of the molecule is C[C@@H](O)c1ccc(OCCF)cc1F. The van der Waals surface area contributed by atoms with Crippen molar-refractivity contribution >= 4 is 0 Å². The molecule has 0 unspecified atom stereocenters. The molecule has 2 nitrogen and oxygen atoms in total. The number of rotatable bonds is 4. The fourth-order valence-corrected chi connectivity index (χ4v) is 1.09. The molecule has 0 fully saturated rings. The van der Waals surface area contributed by atoms with Crippen molar-refractivity contribution in [1.29, 1.82) is 0 Å². The number of hydrogen-bond donors (Lipinski definition) is 1. The molecular weight excluding hydrogens is 190 g/mol. The van der Waals surface area contributed by atoms with Crippen LogP contribution < -0.4 is 4.74 Å². The van der Waals surface area contributed by atoms with Gasteiger partial charge in [-0.1, -0.05) is 0 Å². The lowest BCUT2D eigenvalue weighted by Crippen LogP contribution is -2.01. The second-order valence-electron chi connectivity index (χ2n) is 2.90. The van der Waals surface area contributed by atoms with Gasteiger partial charge in [0.1, 0.15) is 24.8 Å². The van der Waals surface area contributed by atoms with Crippen molar-refractivity contribution in [3.8, 4) is 5.75 Å². The highest BCUT2D eigenvalue weighted by atomic mass is 19.1. The van der Waals surface area contributed by atoms with E-state index in [1.807, 2.05) is 0 Å². The van der Waals surface area contributed by atoms with Crippen molar-refractivity contribution in [3.63, 3.8) is 0 Å². The largest absolute Gasteiger partial charge is 0.491 e. The molecule has 0 aromatic heterocycles. The molecule has 78 valence electrons. The van der Waals surface area contributed by atoms with Crippen LogP contribution >= 0.6 is 0 Å². The third-order valence-corrected chi connectivity index (χ3v) is 1.77. The second-order valence-corrected chi connectivity index (χ2v) is 2.90. The zero-order chi connectivity index (χ0) is 10.6. The molecule has 1 aromatic rings. The lowest BCUT2D eigenvalue weighted by Gasteiger charge is -2.08. The van der Waals surface area contributed by atoms with Crippen LogP contribution in [0.25, 0.3) is 0 Å². The summed E-state index contributed by atoms with van der Waals surface area (Å²) < 4.78 is 29.8. The van der Waals surface area contributed by atoms with Crippen molar-refractivity contribution in [1.82, 2.24) is 0 Å². The fourth-order valence-electron chi connectivity index (χ4n) is 1.09. The average molecular weight is 202 g/mol. The third-order valence-electron chi connectivity index (χ3n) is 1.77. The Hall–Kier alpha value is -1.16. The first-order chi connectivity index (χ1) is 6.65. The van der Waals surface area contributed by atoms with E-state index >= 15 is 0 Å². The van der Waals surface area contributed by atoms with Crippen LogP contribution in [0.4, 0.5) is 8.78 Å². The minimum Gasteiger partial charge on any atom is -0.491 e. The molecule has 0 heterocycles. The minimum atomic E-state index is -0.856. The summed E-state index contributed by atoms with van der Waals surface area (Å²) in [4.78, 5) is 0. The predicted molar refractivity (Wildman–Crippen MR) is 48.5 cm³/mol. The van der Waals surface area contributed by atoms with E-state index in [9.17, 15) is 8.78 Å². The Morgan fingerprint density at radius 3 is 2.71 bits per heavy atom. The fraction of sp³-hybridized carbons (Fsp3) is 0.400. The highest BCUT2D eigenvalue weighted by Gasteiger charge is 2.08. The van der Waals surface area contributed by atoms with Crippen molar-refractivity contribution in [2.24, 2.45) is 0 Å². The average Bonchev–Trinajstić information content (AvgIpc) is 2.14. The Balaban J connectivity index is 2.78. The number of hydrogen-bond acceptors (Lipinski definition) is 2. The van der Waals surface area contributed by atoms with Gasteiger partial charge in [0.25, 0.3) is 0 Å². The molecule has 4 heteroatoms. The van der Waals surface area contributed by atoms with Gasteiger partial charge in [0, 0.05) is 11.6 Å². The van der Waals surface area contributed by atoms with Crippen molar-refractivity contribution in [2.45, 2.75) is 13.0 Å². The normalized spacial score (nSPS) is 12.6. The number of aliphatic hydroxyl groups is 1. The van der Waals surface area contributed by atoms with E-state index in [0.29, 0.717) is 0 Å². The van der Waals surface area contributed by atoms with Gasteiger partial charge in [-0.2, -0.15) is 0 Å². The lowest BCUT2D eigenvalue weighted by atomic mass is 10.1. The van der Waals surface area contributed by atoms with Gasteiger partial charge in [-0.05, 0) is 19.1 Å². The van der Waals surface area contributed by atoms with Gasteiger partial charge in [0.2, 0.25) is 0 Å². The predicted octanol–water partition coefficient (Wildman–Crippen LogP) is 2.23. The lowest BCUT2D eigenvalue weighted by molar-refractivity contribution is 0.193. The van der Waals surface area contributed by atoms with Gasteiger partial charge in [0.15, 0.2) is 0 Å². The topological polar surface area (TPSA) is 29.5 Å². The van der Waals surface area contributed by atoms with Crippen LogP contribution in [-0.2, 0) is 0 Å². The highest BCUT2D eigenvalue weighted by Crippen LogP contribution is 2.21. The number of alkyl halides is 1. The molecule has 0 amide bonds. The van der Waals surface area contributed by atoms with Crippen LogP contribution in [0.15, 0.2) is 18.2 Å². The van der Waals surface area contributed by atoms with Gasteiger partial charge in [0.05, 0.1) is 6.10 Å². The molecule has 0 aliphatic heterocycles. The van der Waals surface area contributed by atoms with Crippen LogP contribution in [0.5, 0.6) is 5.75 Å². The van der Waals surface area contributed by atoms with Gasteiger partial charge >= 0.3 is 0 Å². The summed E-state index contributed by atoms with van der Waals surface area (Å²) in [6, 6.07) is 4.06. The maximum atomic E-state index is 13.2. The molecule has 14 heavy (non-hydrogen) atoms. The Morgan fingerprint density at radius 1 is 1.50 bits per heavy atom. The van der Waals surface area contributed by atoms with Crippen LogP contribution in [0.3, 0.4) is 0 Å². The molecule has 0 saturated heterocycles. The molecule has 1 rings (SSSR count). The Kier molecular flexibility index (Phi) is 3.83. The summed E-state index contributed by atoms with van der Waals surface area (Å²) in [5.41, 5.74) is 0.206. The zero-order valence-electron chi connectivity index (χ0n) is 7.84. The Bertz CT molecular complexity index is 300. The summed E-state index contributed by atoms with van der Waals surface area (Å²) in [5, 5.41) is 9.13. The third kappa shape index (κ3) is 2.67. The summed E-state index contributed by atoms with van der Waals surface area (Å²) in [5.74, 6) is -0.277. The van der Waals surface area contributed by atoms with Gasteiger partial charge < -0.3 is 9.84 Å². The first-order valence-electron chi connectivity index (χ1n) is 4.31. The maximum absolute atomic E-state index is 13.2. The van der Waals surface area contributed by atoms with E-state index in [0.717, 1.165) is 6.07 Å². The van der Waals surface area contributed by atoms with Gasteiger partial charge in [-0.25, -0.2) is 8.78 Å². The van der Waals surface area contributed by atoms with E-state index in [4.69, 9.17) is 9.84 Å². The number of benzene rings is 1. The Labute approximate surface area is 81.1 Å². The molecule has 0 spiro atoms. The zero-order valence-corrected chi connectivity index (χ0v) is 7.84. The summed E-state index contributed by atoms with van der Waals surface area (Å²) in [6.45, 7) is 0.772. The quantitative estimate of drug-likeness (QED) is 0.811. The van der Waals surface area contributed by atoms with E-state index in [-0.39, 0.29) is 17.9 Å². The monoisotopic (exact) mass is 202 g/mol. The second kappa shape index (κ2) is 4.91. The van der Waals surface area contributed by atoms with E-state index < -0.39 is 18.6 Å². The van der Waals surface area contributed by atoms with E-state index in [1.54, 1.807) is 0 Å². The van der Waals surface area contributed by atoms with Crippen LogP contribution in [0, 0.1) is 5.82 Å². The van der Waals surface area contributed by atoms with E-state index in [1.165, 1.54) is 19.1 Å². The molecular formula is C10H12F2O2. The van der Waals surface area contributed by atoms with Gasteiger partial charge in [-0.3, -0.25) is 0 Å².